The van der Waals surface area contributed by atoms with Gasteiger partial charge in [-0.3, -0.25) is 9.59 Å². The largest absolute Gasteiger partial charge is 0.416 e. The number of anilines is 1. The van der Waals surface area contributed by atoms with Gasteiger partial charge in [0.1, 0.15) is 11.7 Å². The number of fused-ring (bicyclic) bond motifs is 1. The van der Waals surface area contributed by atoms with Crippen LogP contribution in [0.3, 0.4) is 0 Å². The summed E-state index contributed by atoms with van der Waals surface area (Å²) in [7, 11) is 0. The molecule has 3 aromatic carbocycles. The lowest BCUT2D eigenvalue weighted by Gasteiger charge is -2.27. The average molecular weight is 577 g/mol. The first-order chi connectivity index (χ1) is 19.9. The molecule has 0 aliphatic carbocycles. The molecule has 218 valence electrons. The van der Waals surface area contributed by atoms with Gasteiger partial charge in [-0.05, 0) is 67.1 Å². The van der Waals surface area contributed by atoms with Crippen LogP contribution < -0.4 is 16.0 Å². The molecular formula is C31H31F3N6O2. The fraction of sp³-hybridized carbons (Fsp3) is 0.290. The molecule has 1 aliphatic rings. The van der Waals surface area contributed by atoms with E-state index >= 15 is 0 Å². The molecule has 0 saturated carbocycles. The molecule has 0 radical (unpaired) electrons. The average Bonchev–Trinajstić information content (AvgIpc) is 3.44. The van der Waals surface area contributed by atoms with E-state index in [1.54, 1.807) is 20.0 Å². The number of amides is 2. The number of rotatable bonds is 7. The first kappa shape index (κ1) is 29.0. The molecule has 0 spiro atoms. The van der Waals surface area contributed by atoms with E-state index in [0.717, 1.165) is 34.4 Å². The lowest BCUT2D eigenvalue weighted by molar-refractivity contribution is -0.137. The van der Waals surface area contributed by atoms with Crippen LogP contribution in [0.4, 0.5) is 18.9 Å². The lowest BCUT2D eigenvalue weighted by Crippen LogP contribution is -2.49. The predicted octanol–water partition coefficient (Wildman–Crippen LogP) is 5.25. The number of nitrogens with zero attached hydrogens (tertiary/aromatic N) is 3. The second-order valence-corrected chi connectivity index (χ2v) is 11.2. The van der Waals surface area contributed by atoms with E-state index in [2.05, 4.69) is 20.7 Å². The van der Waals surface area contributed by atoms with E-state index in [9.17, 15) is 22.8 Å². The van der Waals surface area contributed by atoms with Gasteiger partial charge in [-0.1, -0.05) is 48.5 Å². The Labute approximate surface area is 241 Å². The van der Waals surface area contributed by atoms with Crippen molar-refractivity contribution in [3.05, 3.63) is 89.6 Å². The standard InChI is InChI=1S/C31H31F3N6O2/c1-30(2,35)16-28(41)37-25-13-11-21-15-22(31(32,33)34)12-14-27(21)40(29(25)42)18-19-7-9-20(10-8-19)23-5-3-4-6-24(23)26-17-36-39-38-26/h3-10,12,14-15,17,25H,11,13,16,18,35H2,1-2H3,(H,37,41)(H,36,38,39)/t25-/m1/s1. The Balaban J connectivity index is 1.45. The van der Waals surface area contributed by atoms with E-state index in [1.165, 1.54) is 11.0 Å². The summed E-state index contributed by atoms with van der Waals surface area (Å²) in [4.78, 5) is 27.9. The van der Waals surface area contributed by atoms with E-state index in [1.807, 2.05) is 48.5 Å². The summed E-state index contributed by atoms with van der Waals surface area (Å²) >= 11 is 0. The number of aryl methyl sites for hydroxylation is 1. The predicted molar refractivity (Wildman–Crippen MR) is 153 cm³/mol. The number of carbonyl (C=O) groups is 2. The number of hydrogen-bond acceptors (Lipinski definition) is 5. The molecule has 1 atom stereocenters. The van der Waals surface area contributed by atoms with E-state index < -0.39 is 35.1 Å². The number of aromatic amines is 1. The van der Waals surface area contributed by atoms with Gasteiger partial charge in [-0.2, -0.15) is 28.6 Å². The zero-order chi connectivity index (χ0) is 30.1. The second-order valence-electron chi connectivity index (χ2n) is 11.2. The molecule has 5 rings (SSSR count). The molecule has 4 aromatic rings. The van der Waals surface area contributed by atoms with Crippen molar-refractivity contribution in [1.29, 1.82) is 0 Å². The third-order valence-corrected chi connectivity index (χ3v) is 7.14. The molecule has 0 bridgehead atoms. The maximum atomic E-state index is 13.8. The Morgan fingerprint density at radius 3 is 2.43 bits per heavy atom. The summed E-state index contributed by atoms with van der Waals surface area (Å²) < 4.78 is 40.6. The van der Waals surface area contributed by atoms with Crippen LogP contribution in [0.2, 0.25) is 0 Å². The Kier molecular flexibility index (Phi) is 7.87. The fourth-order valence-corrected chi connectivity index (χ4v) is 5.17. The quantitative estimate of drug-likeness (QED) is 0.278. The normalized spacial score (nSPS) is 15.7. The minimum atomic E-state index is -4.52. The monoisotopic (exact) mass is 576 g/mol. The molecule has 42 heavy (non-hydrogen) atoms. The van der Waals surface area contributed by atoms with Crippen molar-refractivity contribution >= 4 is 17.5 Å². The van der Waals surface area contributed by atoms with Gasteiger partial charge in [0, 0.05) is 23.2 Å². The van der Waals surface area contributed by atoms with Gasteiger partial charge in [0.05, 0.1) is 18.3 Å². The van der Waals surface area contributed by atoms with Crippen molar-refractivity contribution in [1.82, 2.24) is 20.7 Å². The van der Waals surface area contributed by atoms with E-state index in [4.69, 9.17) is 5.73 Å². The zero-order valence-corrected chi connectivity index (χ0v) is 23.2. The van der Waals surface area contributed by atoms with Crippen LogP contribution in [0.5, 0.6) is 0 Å². The Hall–Kier alpha value is -4.51. The highest BCUT2D eigenvalue weighted by Gasteiger charge is 2.35. The summed E-state index contributed by atoms with van der Waals surface area (Å²) in [6, 6.07) is 17.9. The van der Waals surface area contributed by atoms with Crippen molar-refractivity contribution in [2.24, 2.45) is 5.73 Å². The highest BCUT2D eigenvalue weighted by atomic mass is 19.4. The van der Waals surface area contributed by atoms with Gasteiger partial charge in [0.15, 0.2) is 0 Å². The number of aromatic nitrogens is 3. The van der Waals surface area contributed by atoms with Crippen molar-refractivity contribution in [3.63, 3.8) is 0 Å². The lowest BCUT2D eigenvalue weighted by atomic mass is 9.97. The van der Waals surface area contributed by atoms with Crippen LogP contribution in [0, 0.1) is 0 Å². The van der Waals surface area contributed by atoms with Crippen LogP contribution in [-0.2, 0) is 28.7 Å². The summed E-state index contributed by atoms with van der Waals surface area (Å²) in [5.74, 6) is -0.782. The maximum absolute atomic E-state index is 13.8. The molecule has 8 nitrogen and oxygen atoms in total. The van der Waals surface area contributed by atoms with E-state index in [-0.39, 0.29) is 25.8 Å². The van der Waals surface area contributed by atoms with Crippen molar-refractivity contribution < 1.29 is 22.8 Å². The number of benzene rings is 3. The highest BCUT2D eigenvalue weighted by molar-refractivity contribution is 6.00. The Morgan fingerprint density at radius 1 is 1.07 bits per heavy atom. The number of nitrogens with one attached hydrogen (secondary N) is 2. The fourth-order valence-electron chi connectivity index (χ4n) is 5.17. The van der Waals surface area contributed by atoms with Gasteiger partial charge < -0.3 is 16.0 Å². The van der Waals surface area contributed by atoms with Gasteiger partial charge >= 0.3 is 6.18 Å². The second kappa shape index (κ2) is 11.4. The van der Waals surface area contributed by atoms with Crippen LogP contribution in [0.25, 0.3) is 22.4 Å². The number of nitrogens with two attached hydrogens (primary N) is 1. The molecule has 2 amide bonds. The number of halogens is 3. The van der Waals surface area contributed by atoms with Crippen LogP contribution in [-0.4, -0.2) is 38.8 Å². The molecule has 0 unspecified atom stereocenters. The summed E-state index contributed by atoms with van der Waals surface area (Å²) in [5.41, 5.74) is 9.44. The van der Waals surface area contributed by atoms with Crippen molar-refractivity contribution in [3.8, 4) is 22.4 Å². The zero-order valence-electron chi connectivity index (χ0n) is 23.2. The van der Waals surface area contributed by atoms with Gasteiger partial charge in [-0.25, -0.2) is 0 Å². The van der Waals surface area contributed by atoms with E-state index in [0.29, 0.717) is 16.9 Å². The minimum Gasteiger partial charge on any atom is -0.344 e. The van der Waals surface area contributed by atoms with Crippen molar-refractivity contribution in [2.75, 3.05) is 4.90 Å². The van der Waals surface area contributed by atoms with Gasteiger partial charge in [0.25, 0.3) is 0 Å². The van der Waals surface area contributed by atoms with Crippen molar-refractivity contribution in [2.45, 2.75) is 57.4 Å². The minimum absolute atomic E-state index is 0.000768. The molecule has 2 heterocycles. The van der Waals surface area contributed by atoms with Crippen LogP contribution in [0.15, 0.2) is 72.9 Å². The third kappa shape index (κ3) is 6.52. The molecule has 11 heteroatoms. The molecule has 0 fully saturated rings. The smallest absolute Gasteiger partial charge is 0.344 e. The Morgan fingerprint density at radius 2 is 1.79 bits per heavy atom. The highest BCUT2D eigenvalue weighted by Crippen LogP contribution is 2.36. The first-order valence-corrected chi connectivity index (χ1v) is 13.5. The molecule has 1 aromatic heterocycles. The number of H-pyrrole nitrogens is 1. The molecule has 0 saturated heterocycles. The van der Waals surface area contributed by atoms with Gasteiger partial charge in [-0.15, -0.1) is 0 Å². The first-order valence-electron chi connectivity index (χ1n) is 13.5. The SMILES string of the molecule is CC(C)(N)CC(=O)N[C@@H]1CCc2cc(C(F)(F)F)ccc2N(Cc2ccc(-c3ccccc3-c3cn[nH]n3)cc2)C1=O. The summed E-state index contributed by atoms with van der Waals surface area (Å²) in [6.45, 7) is 3.52. The topological polar surface area (TPSA) is 117 Å². The van der Waals surface area contributed by atoms with Crippen LogP contribution in [0.1, 0.15) is 43.4 Å². The summed E-state index contributed by atoms with van der Waals surface area (Å²) in [5, 5.41) is 13.5. The Bertz CT molecular complexity index is 1580. The third-order valence-electron chi connectivity index (χ3n) is 7.14. The number of carbonyl (C=O) groups excluding carboxylic acids is 2. The van der Waals surface area contributed by atoms with Gasteiger partial charge in [0.2, 0.25) is 11.8 Å². The molecular weight excluding hydrogens is 545 g/mol. The molecule has 1 aliphatic heterocycles. The maximum Gasteiger partial charge on any atom is 0.416 e. The number of alkyl halides is 3. The molecule has 4 N–H and O–H groups in total. The summed E-state index contributed by atoms with van der Waals surface area (Å²) in [6.07, 6.45) is -2.52. The van der Waals surface area contributed by atoms with Crippen LogP contribution >= 0.6 is 0 Å². The number of hydrogen-bond donors (Lipinski definition) is 3.